The number of hydrogen-bond donors (Lipinski definition) is 1. The lowest BCUT2D eigenvalue weighted by Gasteiger charge is -2.09. The second-order valence-corrected chi connectivity index (χ2v) is 6.57. The molecule has 0 saturated heterocycles. The maximum absolute atomic E-state index is 11.7. The van der Waals surface area contributed by atoms with Crippen molar-refractivity contribution in [3.05, 3.63) is 66.6 Å². The second-order valence-electron chi connectivity index (χ2n) is 6.57. The largest absolute Gasteiger partial charge is 0.478 e. The van der Waals surface area contributed by atoms with Gasteiger partial charge in [-0.2, -0.15) is 5.10 Å². The monoisotopic (exact) mass is 373 g/mol. The number of rotatable bonds is 5. The lowest BCUT2D eigenvalue weighted by molar-refractivity contribution is 0.0696. The van der Waals surface area contributed by atoms with E-state index in [-0.39, 0.29) is 5.56 Å². The SMILES string of the molecule is O=C(O)c1ccccc1-n1nc(C2CC2)nc1-c1ccnc(-n2cnnc2)c1. The van der Waals surface area contributed by atoms with Gasteiger partial charge in [-0.25, -0.2) is 19.4 Å². The summed E-state index contributed by atoms with van der Waals surface area (Å²) in [6.07, 6.45) is 6.89. The Bertz CT molecular complexity index is 1160. The molecule has 5 rings (SSSR count). The molecule has 1 N–H and O–H groups in total. The minimum atomic E-state index is -1.01. The normalized spacial score (nSPS) is 13.6. The van der Waals surface area contributed by atoms with Gasteiger partial charge in [-0.3, -0.25) is 4.57 Å². The molecule has 0 bridgehead atoms. The van der Waals surface area contributed by atoms with Crippen molar-refractivity contribution >= 4 is 5.97 Å². The van der Waals surface area contributed by atoms with Gasteiger partial charge in [0, 0.05) is 17.7 Å². The minimum absolute atomic E-state index is 0.170. The fourth-order valence-electron chi connectivity index (χ4n) is 3.05. The molecule has 3 aromatic heterocycles. The summed E-state index contributed by atoms with van der Waals surface area (Å²) in [5.41, 5.74) is 1.43. The number of pyridine rings is 1. The van der Waals surface area contributed by atoms with Gasteiger partial charge < -0.3 is 5.11 Å². The van der Waals surface area contributed by atoms with Gasteiger partial charge in [-0.15, -0.1) is 10.2 Å². The first-order chi connectivity index (χ1) is 13.7. The molecule has 3 heterocycles. The van der Waals surface area contributed by atoms with E-state index in [4.69, 9.17) is 4.98 Å². The average molecular weight is 373 g/mol. The van der Waals surface area contributed by atoms with E-state index >= 15 is 0 Å². The molecule has 9 nitrogen and oxygen atoms in total. The van der Waals surface area contributed by atoms with E-state index in [1.807, 2.05) is 12.1 Å². The van der Waals surface area contributed by atoms with Gasteiger partial charge in [0.1, 0.15) is 18.5 Å². The molecule has 1 saturated carbocycles. The van der Waals surface area contributed by atoms with Crippen LogP contribution in [0.1, 0.15) is 34.9 Å². The lowest BCUT2D eigenvalue weighted by atomic mass is 10.1. The van der Waals surface area contributed by atoms with Crippen molar-refractivity contribution in [3.8, 4) is 22.9 Å². The van der Waals surface area contributed by atoms with Crippen molar-refractivity contribution in [3.63, 3.8) is 0 Å². The molecule has 0 aliphatic heterocycles. The molecular formula is C19H15N7O2. The molecule has 4 aromatic rings. The minimum Gasteiger partial charge on any atom is -0.478 e. The number of nitrogens with zero attached hydrogens (tertiary/aromatic N) is 7. The maximum Gasteiger partial charge on any atom is 0.337 e. The van der Waals surface area contributed by atoms with E-state index < -0.39 is 5.97 Å². The molecule has 9 heteroatoms. The van der Waals surface area contributed by atoms with E-state index in [2.05, 4.69) is 20.3 Å². The Morgan fingerprint density at radius 2 is 1.89 bits per heavy atom. The van der Waals surface area contributed by atoms with Crippen LogP contribution in [-0.4, -0.2) is 45.6 Å². The number of carboxylic acid groups (broad SMARTS) is 1. The van der Waals surface area contributed by atoms with Crippen LogP contribution in [-0.2, 0) is 0 Å². The zero-order valence-corrected chi connectivity index (χ0v) is 14.7. The van der Waals surface area contributed by atoms with Gasteiger partial charge in [0.15, 0.2) is 11.6 Å². The molecule has 1 aromatic carbocycles. The zero-order valence-electron chi connectivity index (χ0n) is 14.7. The predicted octanol–water partition coefficient (Wildman–Crippen LogP) is 2.49. The average Bonchev–Trinajstić information content (AvgIpc) is 3.25. The molecule has 0 spiro atoms. The quantitative estimate of drug-likeness (QED) is 0.572. The Morgan fingerprint density at radius 1 is 1.11 bits per heavy atom. The van der Waals surface area contributed by atoms with Crippen molar-refractivity contribution < 1.29 is 9.90 Å². The van der Waals surface area contributed by atoms with Crippen LogP contribution in [0.25, 0.3) is 22.9 Å². The summed E-state index contributed by atoms with van der Waals surface area (Å²) in [4.78, 5) is 20.8. The number of carbonyl (C=O) groups is 1. The standard InChI is InChI=1S/C19H15N7O2/c27-19(28)14-3-1-2-4-15(14)26-18(23-17(24-26)12-5-6-12)13-7-8-20-16(9-13)25-10-21-22-11-25/h1-4,7-12H,5-6H2,(H,27,28). The van der Waals surface area contributed by atoms with E-state index in [1.165, 1.54) is 0 Å². The van der Waals surface area contributed by atoms with Gasteiger partial charge in [0.2, 0.25) is 0 Å². The van der Waals surface area contributed by atoms with Crippen LogP contribution in [0.4, 0.5) is 0 Å². The fourth-order valence-corrected chi connectivity index (χ4v) is 3.05. The van der Waals surface area contributed by atoms with Crippen LogP contribution in [0.3, 0.4) is 0 Å². The van der Waals surface area contributed by atoms with Crippen molar-refractivity contribution in [1.29, 1.82) is 0 Å². The number of para-hydroxylation sites is 1. The highest BCUT2D eigenvalue weighted by atomic mass is 16.4. The van der Waals surface area contributed by atoms with E-state index in [0.717, 1.165) is 24.2 Å². The Balaban J connectivity index is 1.69. The van der Waals surface area contributed by atoms with Crippen LogP contribution >= 0.6 is 0 Å². The molecule has 1 aliphatic carbocycles. The topological polar surface area (TPSA) is 112 Å². The van der Waals surface area contributed by atoms with Gasteiger partial charge in [0.25, 0.3) is 0 Å². The first-order valence-electron chi connectivity index (χ1n) is 8.82. The third kappa shape index (κ3) is 2.82. The Hall–Kier alpha value is -3.88. The van der Waals surface area contributed by atoms with Gasteiger partial charge in [-0.05, 0) is 37.1 Å². The molecule has 1 fully saturated rings. The summed E-state index contributed by atoms with van der Waals surface area (Å²) in [6, 6.07) is 10.5. The lowest BCUT2D eigenvalue weighted by Crippen LogP contribution is -2.08. The molecule has 0 amide bonds. The van der Waals surface area contributed by atoms with Gasteiger partial charge in [-0.1, -0.05) is 12.1 Å². The van der Waals surface area contributed by atoms with Crippen molar-refractivity contribution in [1.82, 2.24) is 34.5 Å². The zero-order chi connectivity index (χ0) is 19.1. The molecule has 0 atom stereocenters. The maximum atomic E-state index is 11.7. The smallest absolute Gasteiger partial charge is 0.337 e. The number of aromatic nitrogens is 7. The Morgan fingerprint density at radius 3 is 2.64 bits per heavy atom. The van der Waals surface area contributed by atoms with Crippen LogP contribution < -0.4 is 0 Å². The molecular weight excluding hydrogens is 358 g/mol. The first kappa shape index (κ1) is 16.3. The number of benzene rings is 1. The highest BCUT2D eigenvalue weighted by Gasteiger charge is 2.30. The molecule has 0 unspecified atom stereocenters. The third-order valence-electron chi connectivity index (χ3n) is 4.62. The van der Waals surface area contributed by atoms with E-state index in [9.17, 15) is 9.90 Å². The Kier molecular flexibility index (Phi) is 3.71. The van der Waals surface area contributed by atoms with E-state index in [1.54, 1.807) is 52.4 Å². The van der Waals surface area contributed by atoms with Crippen molar-refractivity contribution in [2.75, 3.05) is 0 Å². The van der Waals surface area contributed by atoms with Gasteiger partial charge in [0.05, 0.1) is 11.3 Å². The Labute approximate surface area is 159 Å². The van der Waals surface area contributed by atoms with Crippen LogP contribution in [0.15, 0.2) is 55.2 Å². The fraction of sp³-hybridized carbons (Fsp3) is 0.158. The highest BCUT2D eigenvalue weighted by molar-refractivity contribution is 5.92. The predicted molar refractivity (Wildman–Crippen MR) is 98.4 cm³/mol. The van der Waals surface area contributed by atoms with Gasteiger partial charge >= 0.3 is 5.97 Å². The summed E-state index contributed by atoms with van der Waals surface area (Å²) >= 11 is 0. The number of hydrogen-bond acceptors (Lipinski definition) is 6. The van der Waals surface area contributed by atoms with Crippen LogP contribution in [0.5, 0.6) is 0 Å². The summed E-state index contributed by atoms with van der Waals surface area (Å²) in [6.45, 7) is 0. The highest BCUT2D eigenvalue weighted by Crippen LogP contribution is 2.39. The van der Waals surface area contributed by atoms with E-state index in [0.29, 0.717) is 23.2 Å². The third-order valence-corrected chi connectivity index (χ3v) is 4.62. The summed E-state index contributed by atoms with van der Waals surface area (Å²) < 4.78 is 3.31. The van der Waals surface area contributed by atoms with Crippen molar-refractivity contribution in [2.24, 2.45) is 0 Å². The summed E-state index contributed by atoms with van der Waals surface area (Å²) in [5, 5.41) is 21.9. The van der Waals surface area contributed by atoms with Crippen LogP contribution in [0.2, 0.25) is 0 Å². The summed E-state index contributed by atoms with van der Waals surface area (Å²) in [5.74, 6) is 1.27. The first-order valence-corrected chi connectivity index (χ1v) is 8.82. The number of aromatic carboxylic acids is 1. The van der Waals surface area contributed by atoms with Crippen molar-refractivity contribution in [2.45, 2.75) is 18.8 Å². The molecule has 0 radical (unpaired) electrons. The second kappa shape index (κ2) is 6.38. The molecule has 1 aliphatic rings. The van der Waals surface area contributed by atoms with Crippen LogP contribution in [0, 0.1) is 0 Å². The molecule has 28 heavy (non-hydrogen) atoms. The molecule has 138 valence electrons. The summed E-state index contributed by atoms with van der Waals surface area (Å²) in [7, 11) is 0. The number of carboxylic acids is 1.